The highest BCUT2D eigenvalue weighted by Gasteiger charge is 2.15. The molecule has 0 aromatic heterocycles. The van der Waals surface area contributed by atoms with Crippen molar-refractivity contribution in [3.63, 3.8) is 0 Å². The summed E-state index contributed by atoms with van der Waals surface area (Å²) in [6.07, 6.45) is 10.4. The van der Waals surface area contributed by atoms with Crippen LogP contribution in [0.25, 0.3) is 0 Å². The molecule has 0 saturated heterocycles. The lowest BCUT2D eigenvalue weighted by atomic mass is 9.83. The zero-order valence-electron chi connectivity index (χ0n) is 10.2. The fraction of sp³-hybridized carbons (Fsp3) is 0.375. The number of hydrogen-bond acceptors (Lipinski definition) is 0. The monoisotopic (exact) mass is 246 g/mol. The van der Waals surface area contributed by atoms with E-state index in [-0.39, 0.29) is 0 Å². The van der Waals surface area contributed by atoms with Gasteiger partial charge in [-0.05, 0) is 55.7 Å². The first-order valence-corrected chi connectivity index (χ1v) is 6.71. The number of benzene rings is 1. The van der Waals surface area contributed by atoms with Crippen molar-refractivity contribution in [2.45, 2.75) is 38.0 Å². The predicted octanol–water partition coefficient (Wildman–Crippen LogP) is 5.50. The molecule has 0 fully saturated rings. The third kappa shape index (κ3) is 3.47. The molecule has 1 aromatic rings. The highest BCUT2D eigenvalue weighted by molar-refractivity contribution is 6.30. The second-order valence-electron chi connectivity index (χ2n) is 4.71. The molecule has 1 atom stereocenters. The first-order chi connectivity index (χ1) is 8.29. The largest absolute Gasteiger partial charge is 0.103 e. The van der Waals surface area contributed by atoms with E-state index in [2.05, 4.69) is 24.8 Å². The first kappa shape index (κ1) is 12.4. The molecule has 1 aliphatic rings. The van der Waals surface area contributed by atoms with Crippen LogP contribution in [-0.2, 0) is 0 Å². The summed E-state index contributed by atoms with van der Waals surface area (Å²) in [6, 6.07) is 8.31. The third-order valence-corrected chi connectivity index (χ3v) is 3.77. The van der Waals surface area contributed by atoms with Crippen LogP contribution in [0.2, 0.25) is 5.02 Å². The molecule has 0 amide bonds. The second kappa shape index (κ2) is 6.07. The van der Waals surface area contributed by atoms with Gasteiger partial charge in [-0.25, -0.2) is 0 Å². The summed E-state index contributed by atoms with van der Waals surface area (Å²) in [5.74, 6) is 0.680. The van der Waals surface area contributed by atoms with E-state index < -0.39 is 0 Å². The lowest BCUT2D eigenvalue weighted by molar-refractivity contribution is 0.586. The molecule has 1 aliphatic carbocycles. The standard InChI is InChI=1S/C16H19Cl/c1-2-3-4-13-5-7-14(8-6-13)15-9-11-16(17)12-10-15/h2,5,9-12,14H,1,3-4,6-8H2. The van der Waals surface area contributed by atoms with Gasteiger partial charge in [-0.3, -0.25) is 0 Å². The van der Waals surface area contributed by atoms with Gasteiger partial charge in [0.1, 0.15) is 0 Å². The van der Waals surface area contributed by atoms with Crippen molar-refractivity contribution in [1.82, 2.24) is 0 Å². The van der Waals surface area contributed by atoms with Crippen molar-refractivity contribution >= 4 is 11.6 Å². The van der Waals surface area contributed by atoms with E-state index in [1.165, 1.54) is 31.2 Å². The van der Waals surface area contributed by atoms with Crippen LogP contribution >= 0.6 is 11.6 Å². The molecular weight excluding hydrogens is 228 g/mol. The van der Waals surface area contributed by atoms with Gasteiger partial charge in [-0.2, -0.15) is 0 Å². The summed E-state index contributed by atoms with van der Waals surface area (Å²) in [7, 11) is 0. The predicted molar refractivity (Wildman–Crippen MR) is 75.6 cm³/mol. The Bertz CT molecular complexity index is 400. The fourth-order valence-corrected chi connectivity index (χ4v) is 2.57. The number of hydrogen-bond donors (Lipinski definition) is 0. The van der Waals surface area contributed by atoms with Gasteiger partial charge in [-0.15, -0.1) is 6.58 Å². The Balaban J connectivity index is 1.96. The maximum absolute atomic E-state index is 5.91. The molecule has 1 aromatic carbocycles. The quantitative estimate of drug-likeness (QED) is 0.616. The van der Waals surface area contributed by atoms with E-state index in [1.807, 2.05) is 18.2 Å². The van der Waals surface area contributed by atoms with Crippen LogP contribution in [0.4, 0.5) is 0 Å². The van der Waals surface area contributed by atoms with Crippen LogP contribution in [0.1, 0.15) is 43.6 Å². The number of allylic oxidation sites excluding steroid dienone is 3. The summed E-state index contributed by atoms with van der Waals surface area (Å²) >= 11 is 5.91. The molecule has 0 heterocycles. The van der Waals surface area contributed by atoms with Gasteiger partial charge < -0.3 is 0 Å². The molecule has 0 saturated carbocycles. The van der Waals surface area contributed by atoms with Crippen LogP contribution in [0, 0.1) is 0 Å². The van der Waals surface area contributed by atoms with Gasteiger partial charge in [-0.1, -0.05) is 41.5 Å². The van der Waals surface area contributed by atoms with Gasteiger partial charge in [0, 0.05) is 5.02 Å². The smallest absolute Gasteiger partial charge is 0.0406 e. The number of halogens is 1. The van der Waals surface area contributed by atoms with Crippen molar-refractivity contribution < 1.29 is 0 Å². The molecule has 17 heavy (non-hydrogen) atoms. The van der Waals surface area contributed by atoms with Gasteiger partial charge >= 0.3 is 0 Å². The molecular formula is C16H19Cl. The van der Waals surface area contributed by atoms with E-state index in [0.717, 1.165) is 11.4 Å². The van der Waals surface area contributed by atoms with Crippen molar-refractivity contribution in [1.29, 1.82) is 0 Å². The average Bonchev–Trinajstić information content (AvgIpc) is 2.38. The van der Waals surface area contributed by atoms with Gasteiger partial charge in [0.25, 0.3) is 0 Å². The van der Waals surface area contributed by atoms with Crippen LogP contribution in [0.3, 0.4) is 0 Å². The minimum Gasteiger partial charge on any atom is -0.103 e. The highest BCUT2D eigenvalue weighted by atomic mass is 35.5. The number of rotatable bonds is 4. The van der Waals surface area contributed by atoms with Gasteiger partial charge in [0.15, 0.2) is 0 Å². The van der Waals surface area contributed by atoms with E-state index in [1.54, 1.807) is 5.57 Å². The summed E-state index contributed by atoms with van der Waals surface area (Å²) in [5.41, 5.74) is 3.03. The normalized spacial score (nSPS) is 19.8. The summed E-state index contributed by atoms with van der Waals surface area (Å²) in [5, 5.41) is 0.826. The SMILES string of the molecule is C=CCCC1=CCC(c2ccc(Cl)cc2)CC1. The molecule has 1 unspecified atom stereocenters. The van der Waals surface area contributed by atoms with Crippen molar-refractivity contribution in [2.24, 2.45) is 0 Å². The van der Waals surface area contributed by atoms with E-state index >= 15 is 0 Å². The lowest BCUT2D eigenvalue weighted by Gasteiger charge is -2.22. The Morgan fingerprint density at radius 2 is 2.06 bits per heavy atom. The minimum absolute atomic E-state index is 0.680. The Kier molecular flexibility index (Phi) is 4.44. The first-order valence-electron chi connectivity index (χ1n) is 6.34. The Morgan fingerprint density at radius 1 is 1.29 bits per heavy atom. The van der Waals surface area contributed by atoms with Crippen LogP contribution < -0.4 is 0 Å². The highest BCUT2D eigenvalue weighted by Crippen LogP contribution is 2.33. The van der Waals surface area contributed by atoms with Crippen molar-refractivity contribution in [3.8, 4) is 0 Å². The van der Waals surface area contributed by atoms with Gasteiger partial charge in [0.05, 0.1) is 0 Å². The molecule has 0 nitrogen and oxygen atoms in total. The molecule has 0 radical (unpaired) electrons. The summed E-state index contributed by atoms with van der Waals surface area (Å²) in [6.45, 7) is 3.78. The summed E-state index contributed by atoms with van der Waals surface area (Å²) < 4.78 is 0. The van der Waals surface area contributed by atoms with Crippen LogP contribution in [0.5, 0.6) is 0 Å². The lowest BCUT2D eigenvalue weighted by Crippen LogP contribution is -2.04. The molecule has 1 heteroatoms. The zero-order valence-corrected chi connectivity index (χ0v) is 10.9. The topological polar surface area (TPSA) is 0 Å². The second-order valence-corrected chi connectivity index (χ2v) is 5.15. The molecule has 0 aliphatic heterocycles. The molecule has 0 spiro atoms. The van der Waals surface area contributed by atoms with Crippen LogP contribution in [0.15, 0.2) is 48.6 Å². The van der Waals surface area contributed by atoms with Crippen LogP contribution in [-0.4, -0.2) is 0 Å². The Hall–Kier alpha value is -1.01. The summed E-state index contributed by atoms with van der Waals surface area (Å²) in [4.78, 5) is 0. The average molecular weight is 247 g/mol. The molecule has 2 rings (SSSR count). The Labute approximate surface area is 109 Å². The minimum atomic E-state index is 0.680. The van der Waals surface area contributed by atoms with E-state index in [9.17, 15) is 0 Å². The Morgan fingerprint density at radius 3 is 2.65 bits per heavy atom. The maximum Gasteiger partial charge on any atom is 0.0406 e. The van der Waals surface area contributed by atoms with Crippen molar-refractivity contribution in [3.05, 3.63) is 59.2 Å². The third-order valence-electron chi connectivity index (χ3n) is 3.52. The zero-order chi connectivity index (χ0) is 12.1. The maximum atomic E-state index is 5.91. The van der Waals surface area contributed by atoms with E-state index in [4.69, 9.17) is 11.6 Å². The van der Waals surface area contributed by atoms with E-state index in [0.29, 0.717) is 5.92 Å². The molecule has 0 N–H and O–H groups in total. The molecule has 90 valence electrons. The van der Waals surface area contributed by atoms with Gasteiger partial charge in [0.2, 0.25) is 0 Å². The fourth-order valence-electron chi connectivity index (χ4n) is 2.44. The van der Waals surface area contributed by atoms with Crippen molar-refractivity contribution in [2.75, 3.05) is 0 Å². The molecule has 0 bridgehead atoms.